The second-order valence-corrected chi connectivity index (χ2v) is 7.30. The number of rotatable bonds is 8. The lowest BCUT2D eigenvalue weighted by Gasteiger charge is -2.37. The van der Waals surface area contributed by atoms with Gasteiger partial charge in [-0.3, -0.25) is 4.90 Å². The van der Waals surface area contributed by atoms with Crippen LogP contribution in [0.1, 0.15) is 64.7 Å². The molecule has 0 amide bonds. The van der Waals surface area contributed by atoms with Gasteiger partial charge in [0.2, 0.25) is 0 Å². The fraction of sp³-hybridized carbons (Fsp3) is 1.00. The summed E-state index contributed by atoms with van der Waals surface area (Å²) >= 11 is 0. The van der Waals surface area contributed by atoms with Gasteiger partial charge in [0.25, 0.3) is 0 Å². The number of nitrogens with zero attached hydrogens (tertiary/aromatic N) is 1. The van der Waals surface area contributed by atoms with Crippen LogP contribution >= 0.6 is 0 Å². The summed E-state index contributed by atoms with van der Waals surface area (Å²) in [6, 6.07) is 1.74. The van der Waals surface area contributed by atoms with E-state index in [1.54, 1.807) is 0 Å². The minimum atomic E-state index is 0.819. The summed E-state index contributed by atoms with van der Waals surface area (Å²) in [4.78, 5) is 2.89. The van der Waals surface area contributed by atoms with E-state index in [4.69, 9.17) is 0 Å². The van der Waals surface area contributed by atoms with Crippen LogP contribution in [0.3, 0.4) is 0 Å². The molecule has 0 aromatic rings. The van der Waals surface area contributed by atoms with Gasteiger partial charge in [-0.2, -0.15) is 0 Å². The Hall–Kier alpha value is -0.0800. The van der Waals surface area contributed by atoms with Crippen LogP contribution in [-0.2, 0) is 0 Å². The second-order valence-electron chi connectivity index (χ2n) is 7.30. The van der Waals surface area contributed by atoms with E-state index in [1.807, 2.05) is 0 Å². The number of hydrogen-bond acceptors (Lipinski definition) is 2. The third-order valence-corrected chi connectivity index (χ3v) is 5.28. The molecule has 2 heteroatoms. The normalized spacial score (nSPS) is 31.9. The Morgan fingerprint density at radius 3 is 1.89 bits per heavy atom. The number of hydrogen-bond donors (Lipinski definition) is 1. The molecule has 3 rings (SSSR count). The van der Waals surface area contributed by atoms with Gasteiger partial charge in [-0.05, 0) is 76.2 Å². The molecule has 1 N–H and O–H groups in total. The lowest BCUT2D eigenvalue weighted by Crippen LogP contribution is -2.44. The molecule has 2 nitrogen and oxygen atoms in total. The molecule has 3 aliphatic carbocycles. The molecular weight excluding hydrogens is 232 g/mol. The minimum absolute atomic E-state index is 0.819. The first-order chi connectivity index (χ1) is 9.35. The van der Waals surface area contributed by atoms with Gasteiger partial charge in [0.15, 0.2) is 0 Å². The first kappa shape index (κ1) is 13.9. The third kappa shape index (κ3) is 4.46. The Balaban J connectivity index is 1.43. The molecule has 0 bridgehead atoms. The summed E-state index contributed by atoms with van der Waals surface area (Å²) in [5.74, 6) is 2.13. The Bertz CT molecular complexity index is 248. The monoisotopic (exact) mass is 264 g/mol. The molecule has 110 valence electrons. The summed E-state index contributed by atoms with van der Waals surface area (Å²) in [5, 5.41) is 3.72. The SMILES string of the molecule is CCCNC1CCC(N(CC2CC2)CC2CC2)CC1. The van der Waals surface area contributed by atoms with E-state index in [0.29, 0.717) is 0 Å². The van der Waals surface area contributed by atoms with Crippen molar-refractivity contribution in [2.24, 2.45) is 11.8 Å². The Morgan fingerprint density at radius 2 is 1.42 bits per heavy atom. The molecule has 0 atom stereocenters. The molecular formula is C17H32N2. The van der Waals surface area contributed by atoms with Crippen molar-refractivity contribution in [3.05, 3.63) is 0 Å². The maximum atomic E-state index is 3.72. The van der Waals surface area contributed by atoms with Crippen molar-refractivity contribution in [2.45, 2.75) is 76.8 Å². The van der Waals surface area contributed by atoms with Crippen LogP contribution in [0.4, 0.5) is 0 Å². The maximum absolute atomic E-state index is 3.72. The van der Waals surface area contributed by atoms with E-state index in [0.717, 1.165) is 23.9 Å². The summed E-state index contributed by atoms with van der Waals surface area (Å²) in [6.45, 7) is 6.33. The standard InChI is InChI=1S/C17H32N2/c1-2-11-18-16-7-9-17(10-8-16)19(12-14-3-4-14)13-15-5-6-15/h14-18H,2-13H2,1H3. The average molecular weight is 264 g/mol. The summed E-state index contributed by atoms with van der Waals surface area (Å²) in [7, 11) is 0. The van der Waals surface area contributed by atoms with Crippen LogP contribution in [0.5, 0.6) is 0 Å². The lowest BCUT2D eigenvalue weighted by molar-refractivity contribution is 0.132. The molecule has 0 aromatic carbocycles. The molecule has 0 spiro atoms. The van der Waals surface area contributed by atoms with Gasteiger partial charge >= 0.3 is 0 Å². The van der Waals surface area contributed by atoms with Crippen LogP contribution in [0.2, 0.25) is 0 Å². The topological polar surface area (TPSA) is 15.3 Å². The molecule has 0 radical (unpaired) electrons. The van der Waals surface area contributed by atoms with Crippen molar-refractivity contribution in [3.8, 4) is 0 Å². The van der Waals surface area contributed by atoms with Crippen molar-refractivity contribution in [1.82, 2.24) is 10.2 Å². The van der Waals surface area contributed by atoms with Gasteiger partial charge in [-0.15, -0.1) is 0 Å². The van der Waals surface area contributed by atoms with E-state index in [2.05, 4.69) is 17.1 Å². The fourth-order valence-corrected chi connectivity index (χ4v) is 3.63. The molecule has 3 fully saturated rings. The molecule has 0 saturated heterocycles. The minimum Gasteiger partial charge on any atom is -0.314 e. The molecule has 0 heterocycles. The number of nitrogens with one attached hydrogen (secondary N) is 1. The van der Waals surface area contributed by atoms with Gasteiger partial charge in [0.1, 0.15) is 0 Å². The zero-order valence-electron chi connectivity index (χ0n) is 12.7. The predicted molar refractivity (Wildman–Crippen MR) is 81.4 cm³/mol. The largest absolute Gasteiger partial charge is 0.314 e. The molecule has 3 saturated carbocycles. The molecule has 0 aromatic heterocycles. The van der Waals surface area contributed by atoms with Crippen molar-refractivity contribution in [2.75, 3.05) is 19.6 Å². The van der Waals surface area contributed by atoms with Crippen molar-refractivity contribution >= 4 is 0 Å². The highest BCUT2D eigenvalue weighted by Crippen LogP contribution is 2.36. The van der Waals surface area contributed by atoms with E-state index in [-0.39, 0.29) is 0 Å². The van der Waals surface area contributed by atoms with Crippen LogP contribution < -0.4 is 5.32 Å². The lowest BCUT2D eigenvalue weighted by atomic mass is 9.89. The zero-order valence-corrected chi connectivity index (χ0v) is 12.7. The van der Waals surface area contributed by atoms with E-state index >= 15 is 0 Å². The summed E-state index contributed by atoms with van der Waals surface area (Å²) in [5.41, 5.74) is 0. The summed E-state index contributed by atoms with van der Waals surface area (Å²) < 4.78 is 0. The maximum Gasteiger partial charge on any atom is 0.00966 e. The van der Waals surface area contributed by atoms with E-state index in [9.17, 15) is 0 Å². The summed E-state index contributed by atoms with van der Waals surface area (Å²) in [6.07, 6.45) is 13.0. The van der Waals surface area contributed by atoms with Gasteiger partial charge in [-0.1, -0.05) is 6.92 Å². The highest BCUT2D eigenvalue weighted by molar-refractivity contribution is 4.89. The van der Waals surface area contributed by atoms with Crippen LogP contribution in [0, 0.1) is 11.8 Å². The Labute approximate surface area is 119 Å². The second kappa shape index (κ2) is 6.58. The first-order valence-corrected chi connectivity index (χ1v) is 8.82. The molecule has 3 aliphatic rings. The van der Waals surface area contributed by atoms with Crippen molar-refractivity contribution in [3.63, 3.8) is 0 Å². The quantitative estimate of drug-likeness (QED) is 0.722. The Morgan fingerprint density at radius 1 is 0.842 bits per heavy atom. The van der Waals surface area contributed by atoms with Crippen LogP contribution in [0.15, 0.2) is 0 Å². The molecule has 19 heavy (non-hydrogen) atoms. The van der Waals surface area contributed by atoms with E-state index < -0.39 is 0 Å². The highest BCUT2D eigenvalue weighted by atomic mass is 15.2. The molecule has 0 unspecified atom stereocenters. The van der Waals surface area contributed by atoms with Gasteiger partial charge in [-0.25, -0.2) is 0 Å². The fourth-order valence-electron chi connectivity index (χ4n) is 3.63. The van der Waals surface area contributed by atoms with Gasteiger partial charge in [0, 0.05) is 25.2 Å². The smallest absolute Gasteiger partial charge is 0.00966 e. The highest BCUT2D eigenvalue weighted by Gasteiger charge is 2.34. The van der Waals surface area contributed by atoms with Crippen molar-refractivity contribution in [1.29, 1.82) is 0 Å². The molecule has 0 aliphatic heterocycles. The van der Waals surface area contributed by atoms with Crippen molar-refractivity contribution < 1.29 is 0 Å². The average Bonchev–Trinajstić information content (AvgIpc) is 3.31. The predicted octanol–water partition coefficient (Wildman–Crippen LogP) is 3.42. The van der Waals surface area contributed by atoms with Gasteiger partial charge in [0.05, 0.1) is 0 Å². The van der Waals surface area contributed by atoms with Crippen LogP contribution in [-0.4, -0.2) is 36.6 Å². The first-order valence-electron chi connectivity index (χ1n) is 8.82. The third-order valence-electron chi connectivity index (χ3n) is 5.28. The van der Waals surface area contributed by atoms with Gasteiger partial charge < -0.3 is 5.32 Å². The van der Waals surface area contributed by atoms with E-state index in [1.165, 1.54) is 77.4 Å². The zero-order chi connectivity index (χ0) is 13.1. The van der Waals surface area contributed by atoms with Crippen LogP contribution in [0.25, 0.3) is 0 Å². The Kier molecular flexibility index (Phi) is 4.81.